The third-order valence-corrected chi connectivity index (χ3v) is 4.09. The van der Waals surface area contributed by atoms with Crippen LogP contribution in [0.25, 0.3) is 0 Å². The molecule has 0 aliphatic carbocycles. The summed E-state index contributed by atoms with van der Waals surface area (Å²) in [5.41, 5.74) is 5.69. The summed E-state index contributed by atoms with van der Waals surface area (Å²) in [5, 5.41) is 0. The van der Waals surface area contributed by atoms with Gasteiger partial charge >= 0.3 is 0 Å². The SMILES string of the molecule is CN(CC(F)F)S(=O)(=O)c1cccc(C#CCN)c1. The van der Waals surface area contributed by atoms with Crippen molar-refractivity contribution in [2.75, 3.05) is 20.1 Å². The molecule has 0 unspecified atom stereocenters. The maximum atomic E-state index is 12.2. The smallest absolute Gasteiger partial charge is 0.252 e. The van der Waals surface area contributed by atoms with E-state index in [4.69, 9.17) is 5.73 Å². The van der Waals surface area contributed by atoms with Gasteiger partial charge in [0.15, 0.2) is 0 Å². The summed E-state index contributed by atoms with van der Waals surface area (Å²) in [7, 11) is -2.82. The number of benzene rings is 1. The second-order valence-corrected chi connectivity index (χ2v) is 5.76. The molecule has 0 spiro atoms. The molecule has 0 radical (unpaired) electrons. The highest BCUT2D eigenvalue weighted by Gasteiger charge is 2.23. The van der Waals surface area contributed by atoms with Crippen LogP contribution >= 0.6 is 0 Å². The van der Waals surface area contributed by atoms with E-state index in [-0.39, 0.29) is 11.4 Å². The van der Waals surface area contributed by atoms with Crippen molar-refractivity contribution in [3.8, 4) is 11.8 Å². The van der Waals surface area contributed by atoms with Crippen molar-refractivity contribution in [2.45, 2.75) is 11.3 Å². The van der Waals surface area contributed by atoms with Crippen molar-refractivity contribution in [1.82, 2.24) is 4.31 Å². The van der Waals surface area contributed by atoms with Gasteiger partial charge in [0.1, 0.15) is 0 Å². The second-order valence-electron chi connectivity index (χ2n) is 3.71. The van der Waals surface area contributed by atoms with Crippen LogP contribution in [-0.2, 0) is 10.0 Å². The fourth-order valence-corrected chi connectivity index (χ4v) is 2.56. The van der Waals surface area contributed by atoms with Crippen LogP contribution in [-0.4, -0.2) is 39.3 Å². The van der Waals surface area contributed by atoms with Crippen molar-refractivity contribution in [3.63, 3.8) is 0 Å². The maximum Gasteiger partial charge on any atom is 0.252 e. The van der Waals surface area contributed by atoms with E-state index < -0.39 is 23.0 Å². The molecular formula is C12H14F2N2O2S. The molecule has 0 aliphatic rings. The van der Waals surface area contributed by atoms with E-state index in [1.165, 1.54) is 18.2 Å². The molecule has 1 rings (SSSR count). The van der Waals surface area contributed by atoms with E-state index in [2.05, 4.69) is 11.8 Å². The van der Waals surface area contributed by atoms with E-state index in [1.54, 1.807) is 6.07 Å². The summed E-state index contributed by atoms with van der Waals surface area (Å²) in [4.78, 5) is -0.0699. The Morgan fingerprint density at radius 2 is 2.11 bits per heavy atom. The number of sulfonamides is 1. The Labute approximate surface area is 111 Å². The van der Waals surface area contributed by atoms with Crippen molar-refractivity contribution >= 4 is 10.0 Å². The van der Waals surface area contributed by atoms with Crippen LogP contribution in [0.1, 0.15) is 5.56 Å². The number of rotatable bonds is 4. The molecule has 0 saturated carbocycles. The average molecular weight is 288 g/mol. The van der Waals surface area contributed by atoms with Crippen molar-refractivity contribution in [2.24, 2.45) is 5.73 Å². The predicted molar refractivity (Wildman–Crippen MR) is 68.2 cm³/mol. The van der Waals surface area contributed by atoms with Crippen LogP contribution < -0.4 is 5.73 Å². The van der Waals surface area contributed by atoms with E-state index in [1.807, 2.05) is 0 Å². The molecule has 0 aliphatic heterocycles. The van der Waals surface area contributed by atoms with Gasteiger partial charge in [-0.3, -0.25) is 0 Å². The lowest BCUT2D eigenvalue weighted by Gasteiger charge is -2.16. The van der Waals surface area contributed by atoms with E-state index in [0.29, 0.717) is 9.87 Å². The Bertz CT molecular complexity index is 591. The Balaban J connectivity index is 3.08. The van der Waals surface area contributed by atoms with Gasteiger partial charge in [0, 0.05) is 12.6 Å². The molecule has 0 heterocycles. The van der Waals surface area contributed by atoms with Crippen LogP contribution in [0.15, 0.2) is 29.2 Å². The minimum atomic E-state index is -3.93. The lowest BCUT2D eigenvalue weighted by molar-refractivity contribution is 0.126. The molecule has 1 aromatic rings. The van der Waals surface area contributed by atoms with Gasteiger partial charge in [0.05, 0.1) is 18.0 Å². The van der Waals surface area contributed by atoms with E-state index in [9.17, 15) is 17.2 Å². The number of nitrogens with two attached hydrogens (primary N) is 1. The minimum Gasteiger partial charge on any atom is -0.320 e. The number of alkyl halides is 2. The molecule has 0 aromatic heterocycles. The molecule has 0 atom stereocenters. The summed E-state index contributed by atoms with van der Waals surface area (Å²) in [5.74, 6) is 5.28. The van der Waals surface area contributed by atoms with E-state index in [0.717, 1.165) is 7.05 Å². The van der Waals surface area contributed by atoms with Gasteiger partial charge in [-0.1, -0.05) is 17.9 Å². The summed E-state index contributed by atoms with van der Waals surface area (Å²) in [6.07, 6.45) is -2.72. The van der Waals surface area contributed by atoms with Crippen molar-refractivity contribution in [3.05, 3.63) is 29.8 Å². The minimum absolute atomic E-state index is 0.0699. The molecule has 4 nitrogen and oxygen atoms in total. The van der Waals surface area contributed by atoms with Gasteiger partial charge in [-0.25, -0.2) is 17.2 Å². The van der Waals surface area contributed by atoms with Crippen LogP contribution in [0.2, 0.25) is 0 Å². The highest BCUT2D eigenvalue weighted by molar-refractivity contribution is 7.89. The first-order chi connectivity index (χ1) is 8.87. The molecule has 1 aromatic carbocycles. The predicted octanol–water partition coefficient (Wildman–Crippen LogP) is 0.882. The summed E-state index contributed by atoms with van der Waals surface area (Å²) in [6.45, 7) is -0.691. The number of halogens is 2. The number of nitrogens with zero attached hydrogens (tertiary/aromatic N) is 1. The second kappa shape index (κ2) is 6.61. The van der Waals surface area contributed by atoms with Gasteiger partial charge in [0.25, 0.3) is 6.43 Å². The first-order valence-corrected chi connectivity index (χ1v) is 6.85. The highest BCUT2D eigenvalue weighted by Crippen LogP contribution is 2.16. The largest absolute Gasteiger partial charge is 0.320 e. The summed E-state index contributed by atoms with van der Waals surface area (Å²) < 4.78 is 49.1. The lowest BCUT2D eigenvalue weighted by atomic mass is 10.2. The van der Waals surface area contributed by atoms with Gasteiger partial charge in [0.2, 0.25) is 10.0 Å². The maximum absolute atomic E-state index is 12.2. The van der Waals surface area contributed by atoms with Crippen LogP contribution in [0.3, 0.4) is 0 Å². The Kier molecular flexibility index (Phi) is 5.42. The van der Waals surface area contributed by atoms with Crippen LogP contribution in [0, 0.1) is 11.8 Å². The lowest BCUT2D eigenvalue weighted by Crippen LogP contribution is -2.31. The fourth-order valence-electron chi connectivity index (χ4n) is 1.36. The quantitative estimate of drug-likeness (QED) is 0.837. The molecule has 7 heteroatoms. The van der Waals surface area contributed by atoms with Gasteiger partial charge in [-0.15, -0.1) is 0 Å². The monoisotopic (exact) mass is 288 g/mol. The third-order valence-electron chi connectivity index (χ3n) is 2.27. The summed E-state index contributed by atoms with van der Waals surface area (Å²) >= 11 is 0. The third kappa shape index (κ3) is 4.28. The molecule has 0 fully saturated rings. The Morgan fingerprint density at radius 3 is 2.68 bits per heavy atom. The molecular weight excluding hydrogens is 274 g/mol. The van der Waals surface area contributed by atoms with Crippen molar-refractivity contribution in [1.29, 1.82) is 0 Å². The normalized spacial score (nSPS) is 11.5. The zero-order valence-corrected chi connectivity index (χ0v) is 11.1. The molecule has 0 bridgehead atoms. The molecule has 2 N–H and O–H groups in total. The topological polar surface area (TPSA) is 63.4 Å². The Hall–Kier alpha value is -1.49. The first kappa shape index (κ1) is 15.6. The highest BCUT2D eigenvalue weighted by atomic mass is 32.2. The van der Waals surface area contributed by atoms with Crippen LogP contribution in [0.5, 0.6) is 0 Å². The molecule has 104 valence electrons. The van der Waals surface area contributed by atoms with Crippen LogP contribution in [0.4, 0.5) is 8.78 Å². The van der Waals surface area contributed by atoms with E-state index >= 15 is 0 Å². The van der Waals surface area contributed by atoms with Gasteiger partial charge < -0.3 is 5.73 Å². The number of hydrogen-bond donors (Lipinski definition) is 1. The fraction of sp³-hybridized carbons (Fsp3) is 0.333. The standard InChI is InChI=1S/C12H14F2N2O2S/c1-16(9-12(13)14)19(17,18)11-6-2-4-10(8-11)5-3-7-15/h2,4,6,8,12H,7,9,15H2,1H3. The Morgan fingerprint density at radius 1 is 1.42 bits per heavy atom. The molecule has 0 amide bonds. The summed E-state index contributed by atoms with van der Waals surface area (Å²) in [6, 6.07) is 5.79. The van der Waals surface area contributed by atoms with Gasteiger partial charge in [-0.05, 0) is 18.2 Å². The zero-order valence-electron chi connectivity index (χ0n) is 10.3. The first-order valence-electron chi connectivity index (χ1n) is 5.41. The number of hydrogen-bond acceptors (Lipinski definition) is 3. The van der Waals surface area contributed by atoms with Gasteiger partial charge in [-0.2, -0.15) is 4.31 Å². The molecule has 19 heavy (non-hydrogen) atoms. The average Bonchev–Trinajstić information content (AvgIpc) is 2.35. The zero-order chi connectivity index (χ0) is 14.5. The molecule has 0 saturated heterocycles. The van der Waals surface area contributed by atoms with Crippen molar-refractivity contribution < 1.29 is 17.2 Å².